The van der Waals surface area contributed by atoms with Gasteiger partial charge < -0.3 is 5.32 Å². The zero-order valence-electron chi connectivity index (χ0n) is 10.9. The molecule has 20 heavy (non-hydrogen) atoms. The lowest BCUT2D eigenvalue weighted by Crippen LogP contribution is -2.10. The summed E-state index contributed by atoms with van der Waals surface area (Å²) in [6, 6.07) is 4.21. The van der Waals surface area contributed by atoms with Crippen LogP contribution in [0.25, 0.3) is 5.69 Å². The van der Waals surface area contributed by atoms with Gasteiger partial charge in [0.2, 0.25) is 5.95 Å². The van der Waals surface area contributed by atoms with E-state index in [1.54, 1.807) is 22.9 Å². The molecule has 0 saturated carbocycles. The molecule has 2 aromatic rings. The molecule has 2 rings (SSSR count). The van der Waals surface area contributed by atoms with Crippen molar-refractivity contribution in [3.8, 4) is 5.69 Å². The summed E-state index contributed by atoms with van der Waals surface area (Å²) in [5.41, 5.74) is -0.0349. The van der Waals surface area contributed by atoms with Crippen molar-refractivity contribution in [1.82, 2.24) is 9.55 Å². The summed E-state index contributed by atoms with van der Waals surface area (Å²) in [6.07, 6.45) is 0.416. The van der Waals surface area contributed by atoms with Gasteiger partial charge in [0.05, 0.1) is 5.56 Å². The summed E-state index contributed by atoms with van der Waals surface area (Å²) >= 11 is 0. The van der Waals surface area contributed by atoms with Gasteiger partial charge in [-0.2, -0.15) is 13.2 Å². The highest BCUT2D eigenvalue weighted by Gasteiger charge is 2.32. The molecule has 0 spiro atoms. The predicted octanol–water partition coefficient (Wildman–Crippen LogP) is 3.80. The minimum Gasteiger partial charge on any atom is -0.352 e. The van der Waals surface area contributed by atoms with Crippen LogP contribution in [0.5, 0.6) is 0 Å². The van der Waals surface area contributed by atoms with Gasteiger partial charge in [-0.1, -0.05) is 12.1 Å². The lowest BCUT2D eigenvalue weighted by Gasteiger charge is -2.14. The van der Waals surface area contributed by atoms with E-state index in [-0.39, 0.29) is 5.56 Å². The van der Waals surface area contributed by atoms with Gasteiger partial charge >= 0.3 is 6.18 Å². The van der Waals surface area contributed by atoms with E-state index in [1.807, 2.05) is 0 Å². The fourth-order valence-corrected chi connectivity index (χ4v) is 1.87. The number of nitrogens with zero attached hydrogens (tertiary/aromatic N) is 2. The Hall–Kier alpha value is -2.24. The smallest absolute Gasteiger partial charge is 0.352 e. The topological polar surface area (TPSA) is 29.9 Å². The third-order valence-corrected chi connectivity index (χ3v) is 2.85. The van der Waals surface area contributed by atoms with Crippen LogP contribution in [-0.4, -0.2) is 16.1 Å². The third-order valence-electron chi connectivity index (χ3n) is 2.85. The van der Waals surface area contributed by atoms with Gasteiger partial charge in [-0.3, -0.25) is 4.57 Å². The van der Waals surface area contributed by atoms with Crippen molar-refractivity contribution < 1.29 is 13.2 Å². The number of rotatable bonds is 4. The Balaban J connectivity index is 2.44. The molecule has 0 saturated heterocycles. The van der Waals surface area contributed by atoms with Crippen molar-refractivity contribution in [2.75, 3.05) is 11.9 Å². The lowest BCUT2D eigenvalue weighted by molar-refractivity contribution is -0.138. The minimum absolute atomic E-state index is 0.196. The normalized spacial score (nSPS) is 11.4. The van der Waals surface area contributed by atoms with E-state index < -0.39 is 11.7 Å². The van der Waals surface area contributed by atoms with Crippen LogP contribution in [0.4, 0.5) is 19.1 Å². The molecule has 0 unspecified atom stereocenters. The highest BCUT2D eigenvalue weighted by Crippen LogP contribution is 2.33. The maximum absolute atomic E-state index is 12.9. The first-order valence-electron chi connectivity index (χ1n) is 6.00. The Morgan fingerprint density at radius 3 is 2.80 bits per heavy atom. The third kappa shape index (κ3) is 2.84. The number of hydrogen-bond acceptors (Lipinski definition) is 2. The molecule has 0 atom stereocenters. The van der Waals surface area contributed by atoms with Crippen molar-refractivity contribution in [3.05, 3.63) is 54.4 Å². The average molecular weight is 281 g/mol. The van der Waals surface area contributed by atoms with E-state index in [1.165, 1.54) is 19.2 Å². The molecule has 0 aliphatic rings. The number of nitrogens with one attached hydrogen (secondary N) is 1. The summed E-state index contributed by atoms with van der Waals surface area (Å²) < 4.78 is 40.3. The molecule has 0 amide bonds. The minimum atomic E-state index is -4.37. The van der Waals surface area contributed by atoms with Crippen LogP contribution < -0.4 is 5.32 Å². The monoisotopic (exact) mass is 281 g/mol. The Morgan fingerprint density at radius 2 is 2.15 bits per heavy atom. The van der Waals surface area contributed by atoms with Gasteiger partial charge in [0.25, 0.3) is 0 Å². The standard InChI is InChI=1S/C14H14F3N3/c1-3-6-18-13-19-7-8-20(13)11-5-4-10(2)12(9-11)14(15,16)17/h3-5,7-9H,1,6H2,2H3,(H,18,19). The van der Waals surface area contributed by atoms with Crippen molar-refractivity contribution in [2.45, 2.75) is 13.1 Å². The van der Waals surface area contributed by atoms with E-state index in [9.17, 15) is 13.2 Å². The molecule has 0 aliphatic heterocycles. The second-order valence-corrected chi connectivity index (χ2v) is 4.29. The van der Waals surface area contributed by atoms with Gasteiger partial charge in [0, 0.05) is 24.6 Å². The van der Waals surface area contributed by atoms with Gasteiger partial charge in [-0.15, -0.1) is 6.58 Å². The second kappa shape index (κ2) is 5.40. The number of halogens is 3. The number of benzene rings is 1. The van der Waals surface area contributed by atoms with Gasteiger partial charge in [0.15, 0.2) is 0 Å². The molecule has 0 aliphatic carbocycles. The Kier molecular flexibility index (Phi) is 3.83. The van der Waals surface area contributed by atoms with E-state index in [4.69, 9.17) is 0 Å². The molecule has 1 aromatic heterocycles. The van der Waals surface area contributed by atoms with Crippen LogP contribution >= 0.6 is 0 Å². The van der Waals surface area contributed by atoms with E-state index in [0.717, 1.165) is 6.07 Å². The zero-order chi connectivity index (χ0) is 14.8. The quantitative estimate of drug-likeness (QED) is 0.864. The fraction of sp³-hybridized carbons (Fsp3) is 0.214. The predicted molar refractivity (Wildman–Crippen MR) is 72.0 cm³/mol. The van der Waals surface area contributed by atoms with E-state index in [0.29, 0.717) is 18.2 Å². The van der Waals surface area contributed by atoms with Crippen molar-refractivity contribution in [3.63, 3.8) is 0 Å². The molecular weight excluding hydrogens is 267 g/mol. The first kappa shape index (κ1) is 14.2. The van der Waals surface area contributed by atoms with Crippen LogP contribution in [0.15, 0.2) is 43.2 Å². The Morgan fingerprint density at radius 1 is 1.40 bits per heavy atom. The average Bonchev–Trinajstić information content (AvgIpc) is 2.84. The SMILES string of the molecule is C=CCNc1nccn1-c1ccc(C)c(C(F)(F)F)c1. The van der Waals surface area contributed by atoms with Crippen LogP contribution in [0.2, 0.25) is 0 Å². The van der Waals surface area contributed by atoms with Crippen molar-refractivity contribution >= 4 is 5.95 Å². The van der Waals surface area contributed by atoms with Crippen LogP contribution in [0, 0.1) is 6.92 Å². The largest absolute Gasteiger partial charge is 0.416 e. The first-order chi connectivity index (χ1) is 9.43. The molecule has 1 N–H and O–H groups in total. The number of hydrogen-bond donors (Lipinski definition) is 1. The van der Waals surface area contributed by atoms with Gasteiger partial charge in [-0.05, 0) is 24.6 Å². The zero-order valence-corrected chi connectivity index (χ0v) is 10.9. The number of anilines is 1. The van der Waals surface area contributed by atoms with Crippen molar-refractivity contribution in [1.29, 1.82) is 0 Å². The highest BCUT2D eigenvalue weighted by molar-refractivity contribution is 5.46. The summed E-state index contributed by atoms with van der Waals surface area (Å²) in [6.45, 7) is 5.50. The summed E-state index contributed by atoms with van der Waals surface area (Å²) in [5.74, 6) is 0.474. The molecule has 0 fully saturated rings. The molecule has 1 heterocycles. The Bertz CT molecular complexity index is 614. The summed E-state index contributed by atoms with van der Waals surface area (Å²) in [4.78, 5) is 4.07. The molecule has 0 radical (unpaired) electrons. The molecule has 106 valence electrons. The number of aryl methyl sites for hydroxylation is 1. The Labute approximate surface area is 114 Å². The van der Waals surface area contributed by atoms with E-state index in [2.05, 4.69) is 16.9 Å². The molecule has 3 nitrogen and oxygen atoms in total. The van der Waals surface area contributed by atoms with Crippen LogP contribution in [0.1, 0.15) is 11.1 Å². The maximum Gasteiger partial charge on any atom is 0.416 e. The molecule has 0 bridgehead atoms. The number of aromatic nitrogens is 2. The van der Waals surface area contributed by atoms with Crippen LogP contribution in [0.3, 0.4) is 0 Å². The van der Waals surface area contributed by atoms with E-state index >= 15 is 0 Å². The first-order valence-corrected chi connectivity index (χ1v) is 6.00. The van der Waals surface area contributed by atoms with Gasteiger partial charge in [0.1, 0.15) is 0 Å². The number of imidazole rings is 1. The van der Waals surface area contributed by atoms with Crippen LogP contribution in [-0.2, 0) is 6.18 Å². The van der Waals surface area contributed by atoms with Crippen molar-refractivity contribution in [2.24, 2.45) is 0 Å². The highest BCUT2D eigenvalue weighted by atomic mass is 19.4. The maximum atomic E-state index is 12.9. The number of alkyl halides is 3. The fourth-order valence-electron chi connectivity index (χ4n) is 1.87. The molecule has 6 heteroatoms. The second-order valence-electron chi connectivity index (χ2n) is 4.29. The lowest BCUT2D eigenvalue weighted by atomic mass is 10.1. The van der Waals surface area contributed by atoms with Gasteiger partial charge in [-0.25, -0.2) is 4.98 Å². The molecular formula is C14H14F3N3. The molecule has 1 aromatic carbocycles. The summed E-state index contributed by atoms with van der Waals surface area (Å²) in [5, 5.41) is 2.97. The summed E-state index contributed by atoms with van der Waals surface area (Å²) in [7, 11) is 0.